The topological polar surface area (TPSA) is 112 Å². The molecule has 7 nitrogen and oxygen atoms in total. The monoisotopic (exact) mass is 487 g/mol. The van der Waals surface area contributed by atoms with Crippen LogP contribution in [0.4, 0.5) is 13.2 Å². The minimum Gasteiger partial charge on any atom is -0.487 e. The average molecular weight is 487 g/mol. The van der Waals surface area contributed by atoms with Crippen molar-refractivity contribution >= 4 is 26.6 Å². The highest BCUT2D eigenvalue weighted by Gasteiger charge is 2.46. The van der Waals surface area contributed by atoms with Crippen molar-refractivity contribution in [2.45, 2.75) is 17.0 Å². The van der Waals surface area contributed by atoms with Gasteiger partial charge in [-0.15, -0.1) is 0 Å². The maximum atomic E-state index is 12.8. The Balaban J connectivity index is 1.72. The molecule has 0 saturated carbocycles. The van der Waals surface area contributed by atoms with Crippen LogP contribution >= 0.6 is 0 Å². The van der Waals surface area contributed by atoms with E-state index in [-0.39, 0.29) is 12.2 Å². The number of aromatic nitrogens is 2. The molecule has 0 spiro atoms. The van der Waals surface area contributed by atoms with E-state index >= 15 is 0 Å². The lowest BCUT2D eigenvalue weighted by molar-refractivity contribution is -0.0436. The van der Waals surface area contributed by atoms with Gasteiger partial charge < -0.3 is 10.5 Å². The number of nitrogens with two attached hydrogens (primary N) is 1. The molecule has 2 aromatic heterocycles. The molecular weight excluding hydrogens is 471 g/mol. The molecule has 11 heteroatoms. The van der Waals surface area contributed by atoms with Gasteiger partial charge in [-0.1, -0.05) is 12.1 Å². The van der Waals surface area contributed by atoms with Crippen LogP contribution in [0.1, 0.15) is 16.1 Å². The largest absolute Gasteiger partial charge is 0.501 e. The van der Waals surface area contributed by atoms with E-state index in [4.69, 9.17) is 10.5 Å². The first-order chi connectivity index (χ1) is 16.1. The second-order valence-electron chi connectivity index (χ2n) is 7.17. The van der Waals surface area contributed by atoms with Crippen molar-refractivity contribution in [2.24, 2.45) is 5.73 Å². The molecule has 4 rings (SSSR count). The summed E-state index contributed by atoms with van der Waals surface area (Å²) >= 11 is 0. The molecule has 2 N–H and O–H groups in total. The van der Waals surface area contributed by atoms with Crippen LogP contribution in [0.3, 0.4) is 0 Å². The van der Waals surface area contributed by atoms with Crippen molar-refractivity contribution in [1.29, 1.82) is 0 Å². The molecule has 0 unspecified atom stereocenters. The van der Waals surface area contributed by atoms with Crippen molar-refractivity contribution in [1.82, 2.24) is 9.97 Å². The van der Waals surface area contributed by atoms with E-state index in [1.807, 2.05) is 0 Å². The summed E-state index contributed by atoms with van der Waals surface area (Å²) in [5.74, 6) is -0.269. The summed E-state index contributed by atoms with van der Waals surface area (Å²) in [7, 11) is -5.45. The minimum absolute atomic E-state index is 0.0741. The van der Waals surface area contributed by atoms with Crippen molar-refractivity contribution in [3.8, 4) is 16.9 Å². The van der Waals surface area contributed by atoms with Crippen LogP contribution in [0, 0.1) is 0 Å². The number of carbonyl (C=O) groups is 1. The summed E-state index contributed by atoms with van der Waals surface area (Å²) in [5.41, 5.74) is 2.07. The standard InChI is InChI=1S/C23H16F3N3O4S/c24-23(25,26)34(31,32)16-7-5-14(6-8-16)15-11-19-17(3-1-9-28-19)21(12-15)33-13-20-18(22(27)30)4-2-10-29-20/h1-12H,13H2,(H2,27,30). The van der Waals surface area contributed by atoms with Crippen molar-refractivity contribution < 1.29 is 31.1 Å². The Morgan fingerprint density at radius 1 is 0.941 bits per heavy atom. The van der Waals surface area contributed by atoms with E-state index in [1.54, 1.807) is 36.5 Å². The lowest BCUT2D eigenvalue weighted by Crippen LogP contribution is -2.23. The number of sulfone groups is 1. The van der Waals surface area contributed by atoms with Gasteiger partial charge in [0.1, 0.15) is 12.4 Å². The lowest BCUT2D eigenvalue weighted by Gasteiger charge is -2.13. The summed E-state index contributed by atoms with van der Waals surface area (Å²) in [5, 5.41) is 0.652. The van der Waals surface area contributed by atoms with E-state index in [0.29, 0.717) is 33.5 Å². The molecule has 0 bridgehead atoms. The van der Waals surface area contributed by atoms with Crippen LogP contribution in [0.2, 0.25) is 0 Å². The van der Waals surface area contributed by atoms with Gasteiger partial charge in [0.2, 0.25) is 0 Å². The Bertz CT molecular complexity index is 1490. The number of primary amides is 1. The molecule has 0 saturated heterocycles. The number of fused-ring (bicyclic) bond motifs is 1. The number of ether oxygens (including phenoxy) is 1. The number of pyridine rings is 2. The summed E-state index contributed by atoms with van der Waals surface area (Å²) < 4.78 is 67.7. The predicted octanol–water partition coefficient (Wildman–Crippen LogP) is 4.27. The van der Waals surface area contributed by atoms with Crippen LogP contribution in [0.5, 0.6) is 5.75 Å². The highest BCUT2D eigenvalue weighted by atomic mass is 32.2. The number of carbonyl (C=O) groups excluding carboxylic acids is 1. The van der Waals surface area contributed by atoms with Crippen molar-refractivity contribution in [2.75, 3.05) is 0 Å². The number of halogens is 3. The third kappa shape index (κ3) is 4.42. The number of nitrogens with zero attached hydrogens (tertiary/aromatic N) is 2. The van der Waals surface area contributed by atoms with Gasteiger partial charge >= 0.3 is 5.51 Å². The number of hydrogen-bond acceptors (Lipinski definition) is 6. The van der Waals surface area contributed by atoms with Crippen LogP contribution in [-0.2, 0) is 16.4 Å². The smallest absolute Gasteiger partial charge is 0.487 e. The lowest BCUT2D eigenvalue weighted by atomic mass is 10.0. The van der Waals surface area contributed by atoms with E-state index in [9.17, 15) is 26.4 Å². The fourth-order valence-corrected chi connectivity index (χ4v) is 4.08. The Kier molecular flexibility index (Phi) is 5.96. The highest BCUT2D eigenvalue weighted by molar-refractivity contribution is 7.92. The number of rotatable bonds is 6. The number of hydrogen-bond donors (Lipinski definition) is 1. The van der Waals surface area contributed by atoms with Crippen LogP contribution < -0.4 is 10.5 Å². The zero-order valence-corrected chi connectivity index (χ0v) is 18.1. The summed E-state index contributed by atoms with van der Waals surface area (Å²) in [4.78, 5) is 19.2. The van der Waals surface area contributed by atoms with E-state index in [2.05, 4.69) is 9.97 Å². The molecule has 0 aliphatic rings. The van der Waals surface area contributed by atoms with Crippen molar-refractivity contribution in [3.63, 3.8) is 0 Å². The van der Waals surface area contributed by atoms with Gasteiger partial charge in [-0.05, 0) is 59.7 Å². The zero-order chi connectivity index (χ0) is 24.5. The molecule has 0 fully saturated rings. The third-order valence-corrected chi connectivity index (χ3v) is 6.51. The normalized spacial score (nSPS) is 12.0. The Hall–Kier alpha value is -3.99. The molecule has 0 aliphatic carbocycles. The van der Waals surface area contributed by atoms with E-state index in [1.165, 1.54) is 24.4 Å². The quantitative estimate of drug-likeness (QED) is 0.435. The van der Waals surface area contributed by atoms with Gasteiger partial charge in [0.25, 0.3) is 15.7 Å². The van der Waals surface area contributed by atoms with Gasteiger partial charge in [0.05, 0.1) is 21.7 Å². The zero-order valence-electron chi connectivity index (χ0n) is 17.3. The van der Waals surface area contributed by atoms with Gasteiger partial charge in [-0.3, -0.25) is 14.8 Å². The van der Waals surface area contributed by atoms with Gasteiger partial charge in [-0.25, -0.2) is 8.42 Å². The van der Waals surface area contributed by atoms with Crippen molar-refractivity contribution in [3.05, 3.63) is 84.3 Å². The highest BCUT2D eigenvalue weighted by Crippen LogP contribution is 2.34. The van der Waals surface area contributed by atoms with E-state index < -0.39 is 26.1 Å². The first-order valence-electron chi connectivity index (χ1n) is 9.75. The maximum absolute atomic E-state index is 12.8. The van der Waals surface area contributed by atoms with Gasteiger partial charge in [-0.2, -0.15) is 13.2 Å². The summed E-state index contributed by atoms with van der Waals surface area (Å²) in [6, 6.07) is 14.3. The first kappa shape index (κ1) is 23.2. The molecule has 34 heavy (non-hydrogen) atoms. The molecule has 0 radical (unpaired) electrons. The molecule has 0 atom stereocenters. The first-order valence-corrected chi connectivity index (χ1v) is 11.2. The average Bonchev–Trinajstić information content (AvgIpc) is 2.82. The molecular formula is C23H16F3N3O4S. The Morgan fingerprint density at radius 2 is 1.62 bits per heavy atom. The number of amides is 1. The second-order valence-corrected chi connectivity index (χ2v) is 9.11. The fourth-order valence-electron chi connectivity index (χ4n) is 3.32. The molecule has 1 amide bonds. The molecule has 174 valence electrons. The molecule has 2 heterocycles. The van der Waals surface area contributed by atoms with Gasteiger partial charge in [0.15, 0.2) is 0 Å². The van der Waals surface area contributed by atoms with Crippen LogP contribution in [0.25, 0.3) is 22.0 Å². The molecule has 2 aromatic carbocycles. The second kappa shape index (κ2) is 8.75. The van der Waals surface area contributed by atoms with E-state index in [0.717, 1.165) is 12.1 Å². The fraction of sp³-hybridized carbons (Fsp3) is 0.0870. The third-order valence-electron chi connectivity index (χ3n) is 5.01. The summed E-state index contributed by atoms with van der Waals surface area (Å²) in [6.07, 6.45) is 3.07. The van der Waals surface area contributed by atoms with Gasteiger partial charge in [0, 0.05) is 17.8 Å². The van der Waals surface area contributed by atoms with Crippen LogP contribution in [0.15, 0.2) is 78.0 Å². The summed E-state index contributed by atoms with van der Waals surface area (Å²) in [6.45, 7) is -0.0741. The number of alkyl halides is 3. The van der Waals surface area contributed by atoms with Crippen LogP contribution in [-0.4, -0.2) is 29.8 Å². The number of benzene rings is 2. The molecule has 4 aromatic rings. The Labute approximate surface area is 191 Å². The Morgan fingerprint density at radius 3 is 2.29 bits per heavy atom. The predicted molar refractivity (Wildman–Crippen MR) is 118 cm³/mol. The maximum Gasteiger partial charge on any atom is 0.501 e. The SMILES string of the molecule is NC(=O)c1cccnc1COc1cc(-c2ccc(S(=O)(=O)C(F)(F)F)cc2)cc2ncccc12. The molecule has 0 aliphatic heterocycles. The minimum atomic E-state index is -5.45.